The monoisotopic (exact) mass is 176 g/mol. The number of rotatable bonds is 0. The summed E-state index contributed by atoms with van der Waals surface area (Å²) >= 11 is 0. The fraction of sp³-hybridized carbons (Fsp3) is 0. The molecule has 2 heterocycles. The third-order valence-electron chi connectivity index (χ3n) is 1.35. The summed E-state index contributed by atoms with van der Waals surface area (Å²) in [6.07, 6.45) is 1.35. The van der Waals surface area contributed by atoms with Crippen molar-refractivity contribution >= 4 is 11.0 Å². The number of aromatic nitrogens is 4. The Morgan fingerprint density at radius 3 is 2.83 bits per heavy atom. The summed E-state index contributed by atoms with van der Waals surface area (Å²) in [6.45, 7) is 0. The minimum absolute atomic E-state index is 0. The maximum Gasteiger partial charge on any atom is 1.00 e. The van der Waals surface area contributed by atoms with Crippen molar-refractivity contribution in [1.82, 2.24) is 20.2 Å². The van der Waals surface area contributed by atoms with E-state index < -0.39 is 11.2 Å². The maximum atomic E-state index is 10.9. The number of nitrogens with zero attached hydrogens (tertiary/aromatic N) is 1. The van der Waals surface area contributed by atoms with Gasteiger partial charge in [-0.25, -0.2) is 4.79 Å². The summed E-state index contributed by atoms with van der Waals surface area (Å²) in [6, 6.07) is 0. The predicted molar refractivity (Wildman–Crippen MR) is 38.4 cm³/mol. The van der Waals surface area contributed by atoms with Crippen molar-refractivity contribution < 1.29 is 31.0 Å². The van der Waals surface area contributed by atoms with Crippen LogP contribution in [0.25, 0.3) is 11.0 Å². The number of fused-ring (bicyclic) bond motifs is 1. The molecule has 0 saturated heterocycles. The van der Waals surface area contributed by atoms with Crippen molar-refractivity contribution in [1.29, 1.82) is 0 Å². The molecule has 6 nitrogen and oxygen atoms in total. The standard InChI is InChI=1S/C5H4N4O2.Na.H/c10-4-2-1-6-9-3(2)7-5(11)8-4;;/h1H,(H3,6,7,8,9,10,11);;/q;+1;-1. The van der Waals surface area contributed by atoms with Crippen LogP contribution < -0.4 is 40.8 Å². The minimum atomic E-state index is -0.535. The molecule has 0 amide bonds. The quantitative estimate of drug-likeness (QED) is 0.357. The first-order valence-electron chi connectivity index (χ1n) is 2.93. The molecule has 0 aliphatic heterocycles. The summed E-state index contributed by atoms with van der Waals surface area (Å²) < 4.78 is 0. The second-order valence-corrected chi connectivity index (χ2v) is 2.07. The van der Waals surface area contributed by atoms with Gasteiger partial charge < -0.3 is 1.43 Å². The van der Waals surface area contributed by atoms with E-state index in [4.69, 9.17) is 0 Å². The minimum Gasteiger partial charge on any atom is -1.00 e. The van der Waals surface area contributed by atoms with E-state index in [1.165, 1.54) is 6.20 Å². The number of hydrogen-bond donors (Lipinski definition) is 3. The molecule has 0 unspecified atom stereocenters. The zero-order valence-electron chi connectivity index (χ0n) is 7.34. The van der Waals surface area contributed by atoms with E-state index in [1.54, 1.807) is 0 Å². The van der Waals surface area contributed by atoms with E-state index in [0.29, 0.717) is 11.0 Å². The Labute approximate surface area is 89.2 Å². The molecule has 3 N–H and O–H groups in total. The van der Waals surface area contributed by atoms with E-state index in [9.17, 15) is 9.59 Å². The van der Waals surface area contributed by atoms with Crippen LogP contribution >= 0.6 is 0 Å². The third-order valence-corrected chi connectivity index (χ3v) is 1.35. The van der Waals surface area contributed by atoms with Gasteiger partial charge in [0.25, 0.3) is 5.56 Å². The van der Waals surface area contributed by atoms with Gasteiger partial charge >= 0.3 is 35.2 Å². The van der Waals surface area contributed by atoms with Crippen LogP contribution in [-0.2, 0) is 0 Å². The smallest absolute Gasteiger partial charge is 1.00 e. The van der Waals surface area contributed by atoms with E-state index in [1.807, 2.05) is 0 Å². The van der Waals surface area contributed by atoms with E-state index in [-0.39, 0.29) is 31.0 Å². The van der Waals surface area contributed by atoms with Gasteiger partial charge in [0.05, 0.1) is 6.20 Å². The third kappa shape index (κ3) is 1.36. The van der Waals surface area contributed by atoms with Gasteiger partial charge in [-0.05, 0) is 0 Å². The van der Waals surface area contributed by atoms with Gasteiger partial charge in [0.2, 0.25) is 0 Å². The van der Waals surface area contributed by atoms with Crippen LogP contribution in [0.3, 0.4) is 0 Å². The fourth-order valence-corrected chi connectivity index (χ4v) is 0.869. The van der Waals surface area contributed by atoms with Crippen LogP contribution in [0.15, 0.2) is 15.8 Å². The first-order chi connectivity index (χ1) is 5.27. The molecule has 0 aliphatic rings. The van der Waals surface area contributed by atoms with Crippen molar-refractivity contribution in [3.05, 3.63) is 27.0 Å². The fourth-order valence-electron chi connectivity index (χ4n) is 0.869. The molecular formula is C5H5N4NaO2. The van der Waals surface area contributed by atoms with Crippen molar-refractivity contribution in [2.45, 2.75) is 0 Å². The summed E-state index contributed by atoms with van der Waals surface area (Å²) in [7, 11) is 0. The molecule has 0 radical (unpaired) electrons. The Hall–Kier alpha value is -0.850. The Balaban J connectivity index is 0.000000720. The molecule has 0 atom stereocenters. The van der Waals surface area contributed by atoms with Gasteiger partial charge in [-0.2, -0.15) is 5.10 Å². The first-order valence-corrected chi connectivity index (χ1v) is 2.93. The van der Waals surface area contributed by atoms with Crippen molar-refractivity contribution in [2.75, 3.05) is 0 Å². The molecule has 2 rings (SSSR count). The molecule has 0 saturated carbocycles. The molecule has 12 heavy (non-hydrogen) atoms. The number of hydrogen-bond acceptors (Lipinski definition) is 3. The average molecular weight is 176 g/mol. The van der Waals surface area contributed by atoms with Crippen LogP contribution in [0.4, 0.5) is 0 Å². The summed E-state index contributed by atoms with van der Waals surface area (Å²) in [4.78, 5) is 26.0. The number of H-pyrrole nitrogens is 3. The molecule has 58 valence electrons. The van der Waals surface area contributed by atoms with Gasteiger partial charge in [0, 0.05) is 0 Å². The van der Waals surface area contributed by atoms with Gasteiger partial charge in [-0.1, -0.05) is 0 Å². The second-order valence-electron chi connectivity index (χ2n) is 2.07. The zero-order valence-corrected chi connectivity index (χ0v) is 8.34. The molecule has 0 spiro atoms. The SMILES string of the molecule is O=c1[nH]c(=O)c2cn[nH]c2[nH]1.[H-].[Na+]. The first kappa shape index (κ1) is 9.24. The summed E-state index contributed by atoms with van der Waals surface area (Å²) in [5.74, 6) is 0. The normalized spacial score (nSPS) is 9.67. The molecular weight excluding hydrogens is 171 g/mol. The van der Waals surface area contributed by atoms with Gasteiger partial charge in [-0.3, -0.25) is 19.9 Å². The number of nitrogens with one attached hydrogen (secondary N) is 3. The van der Waals surface area contributed by atoms with E-state index >= 15 is 0 Å². The van der Waals surface area contributed by atoms with Crippen LogP contribution in [0.5, 0.6) is 0 Å². The molecule has 0 fully saturated rings. The van der Waals surface area contributed by atoms with Gasteiger partial charge in [0.15, 0.2) is 0 Å². The average Bonchev–Trinajstić information content (AvgIpc) is 2.34. The summed E-state index contributed by atoms with van der Waals surface area (Å²) in [5, 5.41) is 6.42. The Morgan fingerprint density at radius 2 is 2.08 bits per heavy atom. The van der Waals surface area contributed by atoms with Crippen LogP contribution in [0, 0.1) is 0 Å². The molecule has 0 aromatic carbocycles. The van der Waals surface area contributed by atoms with Crippen LogP contribution in [0.1, 0.15) is 1.43 Å². The zero-order chi connectivity index (χ0) is 7.84. The number of aromatic amines is 3. The van der Waals surface area contributed by atoms with Crippen molar-refractivity contribution in [2.24, 2.45) is 0 Å². The van der Waals surface area contributed by atoms with Crippen LogP contribution in [0.2, 0.25) is 0 Å². The Bertz CT molecular complexity index is 501. The molecule has 0 aliphatic carbocycles. The topological polar surface area (TPSA) is 94.4 Å². The maximum absolute atomic E-state index is 10.9. The Kier molecular flexibility index (Phi) is 2.51. The molecule has 0 bridgehead atoms. The van der Waals surface area contributed by atoms with Crippen molar-refractivity contribution in [3.8, 4) is 0 Å². The van der Waals surface area contributed by atoms with E-state index in [0.717, 1.165) is 0 Å². The molecule has 2 aromatic heterocycles. The predicted octanol–water partition coefficient (Wildman–Crippen LogP) is -3.94. The van der Waals surface area contributed by atoms with Gasteiger partial charge in [0.1, 0.15) is 11.0 Å². The van der Waals surface area contributed by atoms with Crippen LogP contribution in [-0.4, -0.2) is 20.2 Å². The molecule has 7 heteroatoms. The van der Waals surface area contributed by atoms with Gasteiger partial charge in [-0.15, -0.1) is 0 Å². The van der Waals surface area contributed by atoms with E-state index in [2.05, 4.69) is 20.2 Å². The largest absolute Gasteiger partial charge is 1.00 e. The summed E-state index contributed by atoms with van der Waals surface area (Å²) in [5.41, 5.74) is -0.622. The molecule has 2 aromatic rings. The van der Waals surface area contributed by atoms with Crippen molar-refractivity contribution in [3.63, 3.8) is 0 Å². The Morgan fingerprint density at radius 1 is 1.33 bits per heavy atom. The second kappa shape index (κ2) is 3.26.